The Hall–Kier alpha value is -1.70. The van der Waals surface area contributed by atoms with Gasteiger partial charge in [0.2, 0.25) is 0 Å². The van der Waals surface area contributed by atoms with Gasteiger partial charge in [-0.3, -0.25) is 9.79 Å². The van der Waals surface area contributed by atoms with Crippen LogP contribution in [-0.2, 0) is 4.79 Å². The highest BCUT2D eigenvalue weighted by molar-refractivity contribution is 6.46. The summed E-state index contributed by atoms with van der Waals surface area (Å²) >= 11 is 0. The molecule has 2 nitrogen and oxygen atoms in total. The van der Waals surface area contributed by atoms with Crippen molar-refractivity contribution >= 4 is 11.5 Å². The highest BCUT2D eigenvalue weighted by Gasteiger charge is 2.13. The largest absolute Gasteiger partial charge is 0.292 e. The van der Waals surface area contributed by atoms with Crippen LogP contribution in [0, 0.1) is 0 Å². The van der Waals surface area contributed by atoms with Gasteiger partial charge in [-0.2, -0.15) is 0 Å². The summed E-state index contributed by atoms with van der Waals surface area (Å²) in [5, 5.41) is 0. The third-order valence-corrected chi connectivity index (χ3v) is 1.92. The Morgan fingerprint density at radius 3 is 2.62 bits per heavy atom. The van der Waals surface area contributed by atoms with Crippen LogP contribution in [0.4, 0.5) is 0 Å². The number of Topliss-reactive ketones (excluding diaryl/α,β-unsaturated/α-hetero) is 1. The zero-order valence-electron chi connectivity index (χ0n) is 7.10. The summed E-state index contributed by atoms with van der Waals surface area (Å²) in [5.74, 6) is 0.0914. The third kappa shape index (κ3) is 1.56. The summed E-state index contributed by atoms with van der Waals surface area (Å²) in [7, 11) is 0. The van der Waals surface area contributed by atoms with E-state index in [1.54, 1.807) is 12.3 Å². The van der Waals surface area contributed by atoms with Gasteiger partial charge < -0.3 is 0 Å². The Morgan fingerprint density at radius 2 is 1.92 bits per heavy atom. The lowest BCUT2D eigenvalue weighted by Crippen LogP contribution is -2.16. The van der Waals surface area contributed by atoms with Crippen molar-refractivity contribution in [2.75, 3.05) is 0 Å². The molecular weight excluding hydrogens is 162 g/mol. The van der Waals surface area contributed by atoms with Crippen molar-refractivity contribution < 1.29 is 4.79 Å². The molecular formula is C11H9NO. The van der Waals surface area contributed by atoms with E-state index in [0.29, 0.717) is 12.1 Å². The molecule has 0 N–H and O–H groups in total. The fourth-order valence-corrected chi connectivity index (χ4v) is 1.29. The van der Waals surface area contributed by atoms with E-state index in [2.05, 4.69) is 4.99 Å². The normalized spacial score (nSPS) is 15.7. The Morgan fingerprint density at radius 1 is 1.15 bits per heavy atom. The molecule has 0 unspecified atom stereocenters. The maximum atomic E-state index is 11.4. The predicted octanol–water partition coefficient (Wildman–Crippen LogP) is 1.96. The second-order valence-corrected chi connectivity index (χ2v) is 2.86. The molecule has 0 saturated heterocycles. The van der Waals surface area contributed by atoms with Gasteiger partial charge in [-0.1, -0.05) is 36.4 Å². The van der Waals surface area contributed by atoms with E-state index >= 15 is 0 Å². The van der Waals surface area contributed by atoms with Crippen LogP contribution in [0.2, 0.25) is 0 Å². The van der Waals surface area contributed by atoms with E-state index in [0.717, 1.165) is 5.56 Å². The molecule has 0 fully saturated rings. The van der Waals surface area contributed by atoms with Gasteiger partial charge in [-0.25, -0.2) is 0 Å². The van der Waals surface area contributed by atoms with Crippen LogP contribution in [0.15, 0.2) is 47.6 Å². The summed E-state index contributed by atoms with van der Waals surface area (Å²) in [6.07, 6.45) is 3.92. The molecule has 2 heteroatoms. The van der Waals surface area contributed by atoms with Crippen LogP contribution in [-0.4, -0.2) is 11.5 Å². The molecule has 0 aromatic heterocycles. The second kappa shape index (κ2) is 3.35. The molecule has 64 valence electrons. The van der Waals surface area contributed by atoms with Crippen molar-refractivity contribution in [3.05, 3.63) is 48.2 Å². The Bertz CT molecular complexity index is 376. The standard InChI is InChI=1S/C11H9NO/c13-10-7-4-8-12-11(10)9-5-2-1-3-6-9/h1-6,8H,7H2. The monoisotopic (exact) mass is 171 g/mol. The molecule has 1 aromatic rings. The number of benzene rings is 1. The van der Waals surface area contributed by atoms with Crippen molar-refractivity contribution in [1.82, 2.24) is 0 Å². The molecule has 2 rings (SSSR count). The van der Waals surface area contributed by atoms with Crippen molar-refractivity contribution in [1.29, 1.82) is 0 Å². The van der Waals surface area contributed by atoms with E-state index in [9.17, 15) is 4.79 Å². The van der Waals surface area contributed by atoms with Gasteiger partial charge in [0.05, 0.1) is 0 Å². The molecule has 0 amide bonds. The van der Waals surface area contributed by atoms with Crippen molar-refractivity contribution in [3.63, 3.8) is 0 Å². The number of hydrogen-bond donors (Lipinski definition) is 0. The summed E-state index contributed by atoms with van der Waals surface area (Å²) in [5.41, 5.74) is 1.47. The first kappa shape index (κ1) is 7.92. The number of carbonyl (C=O) groups is 1. The molecule has 1 aromatic carbocycles. The summed E-state index contributed by atoms with van der Waals surface area (Å²) in [4.78, 5) is 15.5. The van der Waals surface area contributed by atoms with E-state index in [1.807, 2.05) is 30.3 Å². The Balaban J connectivity index is 2.41. The molecule has 0 aliphatic carbocycles. The molecule has 0 radical (unpaired) electrons. The number of aliphatic imine (C=N–C) groups is 1. The summed E-state index contributed by atoms with van der Waals surface area (Å²) in [6.45, 7) is 0. The number of carbonyl (C=O) groups excluding carboxylic acids is 1. The fraction of sp³-hybridized carbons (Fsp3) is 0.0909. The molecule has 13 heavy (non-hydrogen) atoms. The van der Waals surface area contributed by atoms with Gasteiger partial charge in [0.25, 0.3) is 0 Å². The number of rotatable bonds is 1. The highest BCUT2D eigenvalue weighted by atomic mass is 16.1. The van der Waals surface area contributed by atoms with Crippen molar-refractivity contribution in [2.24, 2.45) is 4.99 Å². The van der Waals surface area contributed by atoms with E-state index in [4.69, 9.17) is 0 Å². The number of nitrogens with zero attached hydrogens (tertiary/aromatic N) is 1. The third-order valence-electron chi connectivity index (χ3n) is 1.92. The lowest BCUT2D eigenvalue weighted by Gasteiger charge is -2.05. The maximum absolute atomic E-state index is 11.4. The molecule has 0 spiro atoms. The van der Waals surface area contributed by atoms with Crippen molar-refractivity contribution in [2.45, 2.75) is 6.42 Å². The topological polar surface area (TPSA) is 29.4 Å². The molecule has 0 bridgehead atoms. The zero-order valence-corrected chi connectivity index (χ0v) is 7.10. The molecule has 1 heterocycles. The van der Waals surface area contributed by atoms with Gasteiger partial charge in [0.15, 0.2) is 5.78 Å². The molecule has 0 atom stereocenters. The zero-order chi connectivity index (χ0) is 9.10. The van der Waals surface area contributed by atoms with Crippen LogP contribution in [0.3, 0.4) is 0 Å². The predicted molar refractivity (Wildman–Crippen MR) is 51.7 cm³/mol. The quantitative estimate of drug-likeness (QED) is 0.635. The highest BCUT2D eigenvalue weighted by Crippen LogP contribution is 2.08. The smallest absolute Gasteiger partial charge is 0.185 e. The lowest BCUT2D eigenvalue weighted by molar-refractivity contribution is -0.112. The van der Waals surface area contributed by atoms with Crippen molar-refractivity contribution in [3.8, 4) is 0 Å². The average molecular weight is 171 g/mol. The average Bonchev–Trinajstić information content (AvgIpc) is 2.20. The van der Waals surface area contributed by atoms with E-state index in [1.165, 1.54) is 0 Å². The van der Waals surface area contributed by atoms with E-state index < -0.39 is 0 Å². The molecule has 1 aliphatic rings. The SMILES string of the molecule is O=C1CC=CN=C1c1ccccc1. The van der Waals surface area contributed by atoms with Crippen LogP contribution in [0.1, 0.15) is 12.0 Å². The lowest BCUT2D eigenvalue weighted by atomic mass is 10.0. The molecule has 1 aliphatic heterocycles. The van der Waals surface area contributed by atoms with Gasteiger partial charge >= 0.3 is 0 Å². The molecule has 0 saturated carbocycles. The Kier molecular flexibility index (Phi) is 2.04. The summed E-state index contributed by atoms with van der Waals surface area (Å²) < 4.78 is 0. The first-order valence-corrected chi connectivity index (χ1v) is 4.19. The number of hydrogen-bond acceptors (Lipinski definition) is 2. The number of ketones is 1. The van der Waals surface area contributed by atoms with Gasteiger partial charge in [0.1, 0.15) is 5.71 Å². The van der Waals surface area contributed by atoms with Gasteiger partial charge in [-0.05, 0) is 0 Å². The van der Waals surface area contributed by atoms with E-state index in [-0.39, 0.29) is 5.78 Å². The minimum atomic E-state index is 0.0914. The minimum Gasteiger partial charge on any atom is -0.292 e. The first-order valence-electron chi connectivity index (χ1n) is 4.19. The first-order chi connectivity index (χ1) is 6.38. The second-order valence-electron chi connectivity index (χ2n) is 2.86. The fourth-order valence-electron chi connectivity index (χ4n) is 1.29. The van der Waals surface area contributed by atoms with Gasteiger partial charge in [-0.15, -0.1) is 0 Å². The van der Waals surface area contributed by atoms with Crippen LogP contribution in [0.25, 0.3) is 0 Å². The van der Waals surface area contributed by atoms with Crippen LogP contribution in [0.5, 0.6) is 0 Å². The minimum absolute atomic E-state index is 0.0914. The van der Waals surface area contributed by atoms with Crippen LogP contribution >= 0.6 is 0 Å². The summed E-state index contributed by atoms with van der Waals surface area (Å²) in [6, 6.07) is 9.53. The number of allylic oxidation sites excluding steroid dienone is 1. The van der Waals surface area contributed by atoms with Crippen LogP contribution < -0.4 is 0 Å². The Labute approximate surface area is 76.6 Å². The van der Waals surface area contributed by atoms with Gasteiger partial charge in [0, 0.05) is 18.2 Å². The maximum Gasteiger partial charge on any atom is 0.185 e.